The predicted octanol–water partition coefficient (Wildman–Crippen LogP) is 4.29. The lowest BCUT2D eigenvalue weighted by Crippen LogP contribution is -2.37. The molecule has 3 N–H and O–H groups in total. The van der Waals surface area contributed by atoms with Crippen LogP contribution in [0.25, 0.3) is 10.9 Å². The fourth-order valence-electron chi connectivity index (χ4n) is 4.01. The molecule has 0 saturated carbocycles. The molecule has 0 aliphatic carbocycles. The zero-order valence-corrected chi connectivity index (χ0v) is 18.8. The molecule has 0 unspecified atom stereocenters. The Bertz CT molecular complexity index is 1310. The zero-order chi connectivity index (χ0) is 23.5. The summed E-state index contributed by atoms with van der Waals surface area (Å²) in [5, 5.41) is 6.84. The molecule has 1 aliphatic rings. The van der Waals surface area contributed by atoms with Crippen LogP contribution in [0.5, 0.6) is 11.5 Å². The summed E-state index contributed by atoms with van der Waals surface area (Å²) in [5.41, 5.74) is 4.09. The Morgan fingerprint density at radius 1 is 0.941 bits per heavy atom. The Labute approximate surface area is 197 Å². The lowest BCUT2D eigenvalue weighted by molar-refractivity contribution is -0.126. The molecule has 7 heteroatoms. The number of para-hydroxylation sites is 1. The first-order chi connectivity index (χ1) is 16.5. The van der Waals surface area contributed by atoms with E-state index < -0.39 is 6.04 Å². The number of aromatic amines is 1. The summed E-state index contributed by atoms with van der Waals surface area (Å²) in [5.74, 6) is 0.629. The first kappa shape index (κ1) is 21.6. The maximum atomic E-state index is 13.3. The maximum Gasteiger partial charge on any atom is 0.251 e. The number of anilines is 1. The molecule has 0 radical (unpaired) electrons. The van der Waals surface area contributed by atoms with Crippen molar-refractivity contribution in [2.24, 2.45) is 0 Å². The molecule has 7 nitrogen and oxygen atoms in total. The molecule has 4 aromatic rings. The zero-order valence-electron chi connectivity index (χ0n) is 18.8. The number of amides is 2. The lowest BCUT2D eigenvalue weighted by Gasteiger charge is -2.21. The van der Waals surface area contributed by atoms with Crippen LogP contribution in [0.15, 0.2) is 72.8 Å². The summed E-state index contributed by atoms with van der Waals surface area (Å²) in [6.07, 6.45) is 0.133. The van der Waals surface area contributed by atoms with Gasteiger partial charge < -0.3 is 25.1 Å². The minimum Gasteiger partial charge on any atom is -0.486 e. The highest BCUT2D eigenvalue weighted by Crippen LogP contribution is 2.33. The van der Waals surface area contributed by atoms with E-state index in [-0.39, 0.29) is 18.2 Å². The van der Waals surface area contributed by atoms with Gasteiger partial charge in [-0.3, -0.25) is 9.59 Å². The van der Waals surface area contributed by atoms with Crippen LogP contribution in [0.4, 0.5) is 5.69 Å². The van der Waals surface area contributed by atoms with E-state index >= 15 is 0 Å². The van der Waals surface area contributed by atoms with E-state index in [1.54, 1.807) is 18.2 Å². The van der Waals surface area contributed by atoms with Crippen LogP contribution < -0.4 is 20.1 Å². The van der Waals surface area contributed by atoms with E-state index in [0.717, 1.165) is 22.2 Å². The second kappa shape index (κ2) is 9.31. The highest BCUT2D eigenvalue weighted by Gasteiger charge is 2.24. The van der Waals surface area contributed by atoms with E-state index in [0.29, 0.717) is 36.0 Å². The van der Waals surface area contributed by atoms with E-state index in [9.17, 15) is 9.59 Å². The molecule has 5 rings (SSSR count). The van der Waals surface area contributed by atoms with E-state index in [1.807, 2.05) is 61.5 Å². The van der Waals surface area contributed by atoms with Crippen molar-refractivity contribution >= 4 is 28.4 Å². The number of aryl methyl sites for hydroxylation is 1. The van der Waals surface area contributed by atoms with Crippen molar-refractivity contribution in [1.29, 1.82) is 0 Å². The number of carbonyl (C=O) groups excluding carboxylic acids is 2. The number of ether oxygens (including phenoxy) is 2. The van der Waals surface area contributed by atoms with Gasteiger partial charge in [-0.1, -0.05) is 48.0 Å². The monoisotopic (exact) mass is 455 g/mol. The number of hydrogen-bond acceptors (Lipinski definition) is 4. The van der Waals surface area contributed by atoms with Crippen molar-refractivity contribution in [3.05, 3.63) is 89.6 Å². The van der Waals surface area contributed by atoms with Gasteiger partial charge in [0.25, 0.3) is 5.91 Å². The molecule has 0 spiro atoms. The van der Waals surface area contributed by atoms with Crippen LogP contribution in [-0.2, 0) is 16.0 Å². The second-order valence-electron chi connectivity index (χ2n) is 8.32. The Balaban J connectivity index is 1.34. The van der Waals surface area contributed by atoms with Crippen molar-refractivity contribution in [2.75, 3.05) is 18.5 Å². The highest BCUT2D eigenvalue weighted by atomic mass is 16.6. The van der Waals surface area contributed by atoms with Crippen LogP contribution in [0.1, 0.15) is 22.9 Å². The number of carbonyl (C=O) groups is 2. The third-order valence-corrected chi connectivity index (χ3v) is 5.72. The summed E-state index contributed by atoms with van der Waals surface area (Å²) in [4.78, 5) is 29.5. The van der Waals surface area contributed by atoms with Gasteiger partial charge in [0.2, 0.25) is 5.91 Å². The van der Waals surface area contributed by atoms with Crippen molar-refractivity contribution < 1.29 is 19.1 Å². The Morgan fingerprint density at radius 3 is 2.50 bits per heavy atom. The topological polar surface area (TPSA) is 92.5 Å². The normalized spacial score (nSPS) is 13.3. The quantitative estimate of drug-likeness (QED) is 0.405. The Kier molecular flexibility index (Phi) is 5.91. The smallest absolute Gasteiger partial charge is 0.251 e. The van der Waals surface area contributed by atoms with Crippen LogP contribution in [0.3, 0.4) is 0 Å². The molecule has 1 atom stereocenters. The van der Waals surface area contributed by atoms with Gasteiger partial charge in [0.1, 0.15) is 19.3 Å². The second-order valence-corrected chi connectivity index (χ2v) is 8.32. The van der Waals surface area contributed by atoms with Gasteiger partial charge in [-0.15, -0.1) is 0 Å². The molecule has 0 saturated heterocycles. The van der Waals surface area contributed by atoms with Gasteiger partial charge in [-0.25, -0.2) is 0 Å². The molecule has 2 amide bonds. The van der Waals surface area contributed by atoms with Gasteiger partial charge in [0.15, 0.2) is 11.5 Å². The molecular weight excluding hydrogens is 430 g/mol. The highest BCUT2D eigenvalue weighted by molar-refractivity contribution is 5.98. The number of hydrogen-bond donors (Lipinski definition) is 3. The molecule has 3 aromatic carbocycles. The summed E-state index contributed by atoms with van der Waals surface area (Å²) in [6, 6.07) is 21.7. The number of aromatic nitrogens is 1. The molecule has 0 fully saturated rings. The average molecular weight is 456 g/mol. The molecule has 1 aliphatic heterocycles. The fourth-order valence-corrected chi connectivity index (χ4v) is 4.01. The van der Waals surface area contributed by atoms with Gasteiger partial charge >= 0.3 is 0 Å². The SMILES string of the molecule is Cc1ccc([C@H](NC(=O)Cc2cc3ccccc3[nH]2)C(=O)Nc2ccc3c(c2)OCCO3)cc1. The van der Waals surface area contributed by atoms with Crippen LogP contribution >= 0.6 is 0 Å². The average Bonchev–Trinajstić information content (AvgIpc) is 3.25. The summed E-state index contributed by atoms with van der Waals surface area (Å²) >= 11 is 0. The van der Waals surface area contributed by atoms with Gasteiger partial charge in [0, 0.05) is 23.0 Å². The molecule has 1 aromatic heterocycles. The Hall–Kier alpha value is -4.26. The third-order valence-electron chi connectivity index (χ3n) is 5.72. The van der Waals surface area contributed by atoms with Crippen molar-refractivity contribution in [2.45, 2.75) is 19.4 Å². The summed E-state index contributed by atoms with van der Waals surface area (Å²) in [7, 11) is 0. The standard InChI is InChI=1S/C27H25N3O4/c1-17-6-8-18(9-7-17)26(27(32)29-20-10-11-23-24(15-20)34-13-12-33-23)30-25(31)16-21-14-19-4-2-3-5-22(19)28-21/h2-11,14-15,26,28H,12-13,16H2,1H3,(H,29,32)(H,30,31)/t26-/m0/s1. The first-order valence-corrected chi connectivity index (χ1v) is 11.2. The minimum atomic E-state index is -0.856. The summed E-state index contributed by atoms with van der Waals surface area (Å²) in [6.45, 7) is 2.93. The number of nitrogens with one attached hydrogen (secondary N) is 3. The van der Waals surface area contributed by atoms with E-state index in [1.165, 1.54) is 0 Å². The summed E-state index contributed by atoms with van der Waals surface area (Å²) < 4.78 is 11.2. The van der Waals surface area contributed by atoms with Crippen LogP contribution in [0, 0.1) is 6.92 Å². The predicted molar refractivity (Wildman–Crippen MR) is 130 cm³/mol. The van der Waals surface area contributed by atoms with Gasteiger partial charge in [0.05, 0.1) is 6.42 Å². The van der Waals surface area contributed by atoms with Gasteiger partial charge in [-0.2, -0.15) is 0 Å². The third kappa shape index (κ3) is 4.73. The number of benzene rings is 3. The molecule has 0 bridgehead atoms. The van der Waals surface area contributed by atoms with Crippen molar-refractivity contribution in [1.82, 2.24) is 10.3 Å². The first-order valence-electron chi connectivity index (χ1n) is 11.2. The molecular formula is C27H25N3O4. The molecule has 2 heterocycles. The van der Waals surface area contributed by atoms with Crippen LogP contribution in [-0.4, -0.2) is 30.0 Å². The van der Waals surface area contributed by atoms with Crippen LogP contribution in [0.2, 0.25) is 0 Å². The van der Waals surface area contributed by atoms with Crippen molar-refractivity contribution in [3.8, 4) is 11.5 Å². The minimum absolute atomic E-state index is 0.133. The Morgan fingerprint density at radius 2 is 1.71 bits per heavy atom. The van der Waals surface area contributed by atoms with Crippen molar-refractivity contribution in [3.63, 3.8) is 0 Å². The lowest BCUT2D eigenvalue weighted by atomic mass is 10.0. The van der Waals surface area contributed by atoms with E-state index in [4.69, 9.17) is 9.47 Å². The maximum absolute atomic E-state index is 13.3. The van der Waals surface area contributed by atoms with Gasteiger partial charge in [-0.05, 0) is 42.1 Å². The largest absolute Gasteiger partial charge is 0.486 e. The number of fused-ring (bicyclic) bond motifs is 2. The van der Waals surface area contributed by atoms with E-state index in [2.05, 4.69) is 15.6 Å². The molecule has 34 heavy (non-hydrogen) atoms. The number of rotatable bonds is 6. The number of H-pyrrole nitrogens is 1. The fraction of sp³-hybridized carbons (Fsp3) is 0.185. The molecule has 172 valence electrons.